The normalized spacial score (nSPS) is 14.5. The molecule has 3 nitrogen and oxygen atoms in total. The van der Waals surface area contributed by atoms with Gasteiger partial charge in [-0.25, -0.2) is 0 Å². The third-order valence-electron chi connectivity index (χ3n) is 2.91. The van der Waals surface area contributed by atoms with Crippen molar-refractivity contribution in [3.63, 3.8) is 0 Å². The lowest BCUT2D eigenvalue weighted by Gasteiger charge is -2.16. The van der Waals surface area contributed by atoms with Crippen LogP contribution in [0.25, 0.3) is 0 Å². The van der Waals surface area contributed by atoms with E-state index in [1.165, 1.54) is 12.8 Å². The average molecular weight is 229 g/mol. The Morgan fingerprint density at radius 3 is 2.38 bits per heavy atom. The van der Waals surface area contributed by atoms with Gasteiger partial charge >= 0.3 is 5.97 Å². The summed E-state index contributed by atoms with van der Waals surface area (Å²) in [5.74, 6) is 0.259. The van der Waals surface area contributed by atoms with Crippen molar-refractivity contribution in [3.05, 3.63) is 0 Å². The Labute approximate surface area is 99.7 Å². The Bertz CT molecular complexity index is 183. The fourth-order valence-corrected chi connectivity index (χ4v) is 1.63. The maximum atomic E-state index is 11.5. The smallest absolute Gasteiger partial charge is 0.322 e. The molecule has 0 heterocycles. The van der Waals surface area contributed by atoms with Gasteiger partial charge in [0.2, 0.25) is 0 Å². The summed E-state index contributed by atoms with van der Waals surface area (Å²) in [6, 6.07) is -0.436. The molecule has 96 valence electrons. The van der Waals surface area contributed by atoms with Crippen LogP contribution in [0.15, 0.2) is 0 Å². The van der Waals surface area contributed by atoms with E-state index in [0.29, 0.717) is 18.9 Å². The van der Waals surface area contributed by atoms with Gasteiger partial charge in [-0.3, -0.25) is 4.79 Å². The molecule has 2 unspecified atom stereocenters. The van der Waals surface area contributed by atoms with Crippen LogP contribution in [-0.4, -0.2) is 18.6 Å². The van der Waals surface area contributed by atoms with E-state index in [1.54, 1.807) is 0 Å². The Balaban J connectivity index is 3.78. The van der Waals surface area contributed by atoms with E-state index in [-0.39, 0.29) is 5.97 Å². The summed E-state index contributed by atoms with van der Waals surface area (Å²) in [5, 5.41) is 0. The van der Waals surface area contributed by atoms with Crippen molar-refractivity contribution in [3.8, 4) is 0 Å². The summed E-state index contributed by atoms with van der Waals surface area (Å²) < 4.78 is 5.24. The number of hydrogen-bond acceptors (Lipinski definition) is 3. The molecule has 16 heavy (non-hydrogen) atoms. The first-order valence-electron chi connectivity index (χ1n) is 6.57. The number of ether oxygens (including phenoxy) is 1. The molecule has 0 rings (SSSR count). The Morgan fingerprint density at radius 1 is 1.19 bits per heavy atom. The van der Waals surface area contributed by atoms with Crippen LogP contribution in [0, 0.1) is 5.92 Å². The molecule has 3 heteroatoms. The van der Waals surface area contributed by atoms with Crippen molar-refractivity contribution in [2.75, 3.05) is 6.61 Å². The minimum Gasteiger partial charge on any atom is -0.464 e. The number of nitrogens with two attached hydrogens (primary N) is 1. The minimum atomic E-state index is -0.436. The minimum absolute atomic E-state index is 0.239. The molecule has 2 atom stereocenters. The van der Waals surface area contributed by atoms with Crippen LogP contribution in [-0.2, 0) is 9.53 Å². The van der Waals surface area contributed by atoms with Gasteiger partial charge in [0.25, 0.3) is 0 Å². The molecule has 2 N–H and O–H groups in total. The van der Waals surface area contributed by atoms with Gasteiger partial charge in [0.05, 0.1) is 6.61 Å². The van der Waals surface area contributed by atoms with Crippen LogP contribution in [0.1, 0.15) is 59.3 Å². The monoisotopic (exact) mass is 229 g/mol. The van der Waals surface area contributed by atoms with Crippen LogP contribution in [0.5, 0.6) is 0 Å². The predicted molar refractivity (Wildman–Crippen MR) is 67.1 cm³/mol. The fraction of sp³-hybridized carbons (Fsp3) is 0.923. The van der Waals surface area contributed by atoms with Crippen molar-refractivity contribution < 1.29 is 9.53 Å². The van der Waals surface area contributed by atoms with Crippen LogP contribution in [0.3, 0.4) is 0 Å². The molecule has 0 aromatic rings. The Morgan fingerprint density at radius 2 is 1.88 bits per heavy atom. The Kier molecular flexibility index (Phi) is 9.30. The molecule has 0 radical (unpaired) electrons. The molecule has 0 bridgehead atoms. The van der Waals surface area contributed by atoms with Crippen LogP contribution in [0.2, 0.25) is 0 Å². The van der Waals surface area contributed by atoms with Gasteiger partial charge in [0.1, 0.15) is 6.04 Å². The molecule has 0 amide bonds. The fourth-order valence-electron chi connectivity index (χ4n) is 1.63. The zero-order valence-electron chi connectivity index (χ0n) is 11.0. The van der Waals surface area contributed by atoms with Crippen molar-refractivity contribution in [1.29, 1.82) is 0 Å². The second-order valence-electron chi connectivity index (χ2n) is 4.44. The van der Waals surface area contributed by atoms with Crippen LogP contribution < -0.4 is 5.73 Å². The highest BCUT2D eigenvalue weighted by molar-refractivity contribution is 5.75. The number of carbonyl (C=O) groups is 1. The number of rotatable bonds is 9. The zero-order chi connectivity index (χ0) is 12.4. The molecule has 0 saturated carbocycles. The van der Waals surface area contributed by atoms with Gasteiger partial charge in [-0.1, -0.05) is 46.5 Å². The molecule has 0 aromatic heterocycles. The lowest BCUT2D eigenvalue weighted by Crippen LogP contribution is -2.33. The summed E-state index contributed by atoms with van der Waals surface area (Å²) in [6.07, 6.45) is 6.24. The van der Waals surface area contributed by atoms with Gasteiger partial charge in [-0.05, 0) is 18.8 Å². The largest absolute Gasteiger partial charge is 0.464 e. The SMILES string of the molecule is CCCCC(CC)COC(=O)C(N)CCC. The van der Waals surface area contributed by atoms with Crippen molar-refractivity contribution in [2.45, 2.75) is 65.3 Å². The van der Waals surface area contributed by atoms with E-state index in [1.807, 2.05) is 6.92 Å². The summed E-state index contributed by atoms with van der Waals surface area (Å²) >= 11 is 0. The number of esters is 1. The molecule has 0 aliphatic heterocycles. The van der Waals surface area contributed by atoms with Crippen LogP contribution >= 0.6 is 0 Å². The van der Waals surface area contributed by atoms with E-state index in [2.05, 4.69) is 13.8 Å². The van der Waals surface area contributed by atoms with E-state index < -0.39 is 6.04 Å². The van der Waals surface area contributed by atoms with Gasteiger partial charge in [-0.15, -0.1) is 0 Å². The van der Waals surface area contributed by atoms with Gasteiger partial charge < -0.3 is 10.5 Å². The predicted octanol–water partition coefficient (Wildman–Crippen LogP) is 2.87. The first kappa shape index (κ1) is 15.4. The first-order valence-corrected chi connectivity index (χ1v) is 6.57. The maximum absolute atomic E-state index is 11.5. The standard InChI is InChI=1S/C13H27NO2/c1-4-7-9-11(6-3)10-16-13(15)12(14)8-5-2/h11-12H,4-10,14H2,1-3H3. The molecular weight excluding hydrogens is 202 g/mol. The van der Waals surface area contributed by atoms with Gasteiger partial charge in [0.15, 0.2) is 0 Å². The molecule has 0 aliphatic rings. The summed E-state index contributed by atoms with van der Waals surface area (Å²) in [7, 11) is 0. The molecule has 0 saturated heterocycles. The topological polar surface area (TPSA) is 52.3 Å². The molecule has 0 spiro atoms. The maximum Gasteiger partial charge on any atom is 0.322 e. The van der Waals surface area contributed by atoms with Crippen molar-refractivity contribution >= 4 is 5.97 Å². The summed E-state index contributed by atoms with van der Waals surface area (Å²) in [5.41, 5.74) is 5.68. The number of unbranched alkanes of at least 4 members (excludes halogenated alkanes) is 1. The van der Waals surface area contributed by atoms with E-state index in [9.17, 15) is 4.79 Å². The van der Waals surface area contributed by atoms with Crippen molar-refractivity contribution in [1.82, 2.24) is 0 Å². The number of carbonyl (C=O) groups excluding carboxylic acids is 1. The zero-order valence-corrected chi connectivity index (χ0v) is 11.0. The van der Waals surface area contributed by atoms with E-state index in [0.717, 1.165) is 19.3 Å². The molecule has 0 aliphatic carbocycles. The lowest BCUT2D eigenvalue weighted by atomic mass is 10.0. The quantitative estimate of drug-likeness (QED) is 0.618. The highest BCUT2D eigenvalue weighted by atomic mass is 16.5. The Hall–Kier alpha value is -0.570. The highest BCUT2D eigenvalue weighted by Crippen LogP contribution is 2.13. The number of hydrogen-bond donors (Lipinski definition) is 1. The lowest BCUT2D eigenvalue weighted by molar-refractivity contribution is -0.146. The van der Waals surface area contributed by atoms with E-state index in [4.69, 9.17) is 10.5 Å². The first-order chi connectivity index (χ1) is 7.65. The summed E-state index contributed by atoms with van der Waals surface area (Å²) in [4.78, 5) is 11.5. The molecular formula is C13H27NO2. The molecule has 0 aromatic carbocycles. The second kappa shape index (κ2) is 9.64. The third-order valence-corrected chi connectivity index (χ3v) is 2.91. The van der Waals surface area contributed by atoms with Gasteiger partial charge in [-0.2, -0.15) is 0 Å². The van der Waals surface area contributed by atoms with Crippen molar-refractivity contribution in [2.24, 2.45) is 11.7 Å². The summed E-state index contributed by atoms with van der Waals surface area (Å²) in [6.45, 7) is 6.87. The third kappa shape index (κ3) is 6.83. The molecule has 0 fully saturated rings. The van der Waals surface area contributed by atoms with Gasteiger partial charge in [0, 0.05) is 0 Å². The van der Waals surface area contributed by atoms with E-state index >= 15 is 0 Å². The average Bonchev–Trinajstić information content (AvgIpc) is 2.29. The highest BCUT2D eigenvalue weighted by Gasteiger charge is 2.15. The van der Waals surface area contributed by atoms with Crippen LogP contribution in [0.4, 0.5) is 0 Å². The second-order valence-corrected chi connectivity index (χ2v) is 4.44.